The maximum absolute atomic E-state index is 6.97. The smallest absolute Gasteiger partial charge is 0.143 e. The molecule has 0 radical (unpaired) electrons. The molecular weight excluding hydrogens is 593 g/mol. The molecule has 0 atom stereocenters. The van der Waals surface area contributed by atoms with Gasteiger partial charge < -0.3 is 4.42 Å². The van der Waals surface area contributed by atoms with Gasteiger partial charge >= 0.3 is 0 Å². The van der Waals surface area contributed by atoms with Crippen LogP contribution in [0.25, 0.3) is 95.9 Å². The van der Waals surface area contributed by atoms with Gasteiger partial charge in [0, 0.05) is 21.7 Å². The van der Waals surface area contributed by atoms with Gasteiger partial charge in [-0.3, -0.25) is 0 Å². The Morgan fingerprint density at radius 1 is 0.551 bits per heavy atom. The Labute approximate surface area is 286 Å². The van der Waals surface area contributed by atoms with E-state index in [4.69, 9.17) is 4.42 Å². The molecule has 49 heavy (non-hydrogen) atoms. The van der Waals surface area contributed by atoms with Crippen molar-refractivity contribution < 1.29 is 4.42 Å². The zero-order valence-corrected chi connectivity index (χ0v) is 27.2. The zero-order chi connectivity index (χ0) is 32.9. The Hall–Kier alpha value is -6.18. The average molecular weight is 627 g/mol. The Bertz CT molecular complexity index is 2650. The van der Waals surface area contributed by atoms with Crippen LogP contribution >= 0.6 is 0 Å². The lowest BCUT2D eigenvalue weighted by atomic mass is 9.85. The normalized spacial score (nSPS) is 12.9. The molecule has 9 rings (SSSR count). The predicted octanol–water partition coefficient (Wildman–Crippen LogP) is 11.7. The molecule has 0 aliphatic heterocycles. The number of benzene rings is 7. The van der Waals surface area contributed by atoms with E-state index < -0.39 is 0 Å². The summed E-state index contributed by atoms with van der Waals surface area (Å²) < 4.78 is 6.97. The van der Waals surface area contributed by atoms with Crippen LogP contribution in [0.4, 0.5) is 0 Å². The summed E-state index contributed by atoms with van der Waals surface area (Å²) in [6, 6.07) is 48.0. The maximum atomic E-state index is 6.97. The molecule has 0 amide bonds. The van der Waals surface area contributed by atoms with E-state index in [-0.39, 0.29) is 0 Å². The molecule has 1 heteroatoms. The van der Waals surface area contributed by atoms with Crippen LogP contribution in [-0.2, 0) is 6.42 Å². The second-order valence-electron chi connectivity index (χ2n) is 12.8. The average Bonchev–Trinajstić information content (AvgIpc) is 3.57. The Balaban J connectivity index is 1.30. The molecule has 0 fully saturated rings. The van der Waals surface area contributed by atoms with Crippen LogP contribution in [0.1, 0.15) is 17.5 Å². The van der Waals surface area contributed by atoms with E-state index in [1.807, 2.05) is 12.2 Å². The van der Waals surface area contributed by atoms with E-state index in [1.165, 1.54) is 54.9 Å². The first kappa shape index (κ1) is 29.0. The first-order chi connectivity index (χ1) is 24.2. The summed E-state index contributed by atoms with van der Waals surface area (Å²) in [6.07, 6.45) is 10.4. The Morgan fingerprint density at radius 2 is 1.04 bits per heavy atom. The highest BCUT2D eigenvalue weighted by Crippen LogP contribution is 2.46. The number of hydrogen-bond donors (Lipinski definition) is 0. The fourth-order valence-electron chi connectivity index (χ4n) is 7.91. The van der Waals surface area contributed by atoms with Gasteiger partial charge in [-0.05, 0) is 78.5 Å². The number of fused-ring (bicyclic) bond motifs is 5. The molecular formula is C48H34O. The third-order valence-corrected chi connectivity index (χ3v) is 10.1. The summed E-state index contributed by atoms with van der Waals surface area (Å²) in [5.74, 6) is 0.868. The summed E-state index contributed by atoms with van der Waals surface area (Å²) in [7, 11) is 0. The standard InChI is InChI=1S/C48H34O/c1-3-16-37-31(2)36-21-10-11-22-38(36)46-45(33-19-8-5-9-20-33)47(49-48(37)46)35-29-27-34(28-30-35)44-41-25-14-12-23-39(41)43(32-17-6-4-7-18-32)40-24-13-15-26-42(40)44/h3-9,11-20,22-30H,1-2,10,21H2/b37-16+. The predicted molar refractivity (Wildman–Crippen MR) is 210 cm³/mol. The highest BCUT2D eigenvalue weighted by Gasteiger charge is 2.24. The van der Waals surface area contributed by atoms with Gasteiger partial charge in [-0.2, -0.15) is 0 Å². The molecule has 0 bridgehead atoms. The molecule has 0 saturated carbocycles. The minimum absolute atomic E-state index is 0.863. The van der Waals surface area contributed by atoms with Gasteiger partial charge in [-0.15, -0.1) is 0 Å². The maximum Gasteiger partial charge on any atom is 0.143 e. The van der Waals surface area contributed by atoms with Gasteiger partial charge in [0.15, 0.2) is 0 Å². The van der Waals surface area contributed by atoms with Gasteiger partial charge in [0.1, 0.15) is 11.3 Å². The van der Waals surface area contributed by atoms with Crippen molar-refractivity contribution in [2.24, 2.45) is 0 Å². The second-order valence-corrected chi connectivity index (χ2v) is 12.8. The SMILES string of the molecule is C=C/C=c1\c(=C)c2c(c3c(-c4ccccc4)c(-c4ccc(-c5c6ccccc6c(-c6ccccc6)c6ccccc56)cc4)oc13)C=CCC2. The summed E-state index contributed by atoms with van der Waals surface area (Å²) in [5, 5.41) is 8.17. The van der Waals surface area contributed by atoms with Gasteiger partial charge in [0.05, 0.1) is 0 Å². The quantitative estimate of drug-likeness (QED) is 0.173. The van der Waals surface area contributed by atoms with E-state index in [2.05, 4.69) is 159 Å². The molecule has 1 aliphatic rings. The van der Waals surface area contributed by atoms with Crippen molar-refractivity contribution in [3.8, 4) is 44.7 Å². The lowest BCUT2D eigenvalue weighted by Crippen LogP contribution is -2.29. The van der Waals surface area contributed by atoms with Crippen molar-refractivity contribution in [3.05, 3.63) is 174 Å². The van der Waals surface area contributed by atoms with Crippen LogP contribution < -0.4 is 10.4 Å². The molecule has 0 spiro atoms. The van der Waals surface area contributed by atoms with E-state index >= 15 is 0 Å². The van der Waals surface area contributed by atoms with E-state index in [9.17, 15) is 0 Å². The fraction of sp³-hybridized carbons (Fsp3) is 0.0417. The van der Waals surface area contributed by atoms with Crippen molar-refractivity contribution >= 4 is 51.2 Å². The van der Waals surface area contributed by atoms with Crippen LogP contribution in [0.15, 0.2) is 157 Å². The lowest BCUT2D eigenvalue weighted by Gasteiger charge is -2.18. The fourth-order valence-corrected chi connectivity index (χ4v) is 7.91. The molecule has 0 unspecified atom stereocenters. The van der Waals surface area contributed by atoms with Gasteiger partial charge in [-0.1, -0.05) is 171 Å². The minimum atomic E-state index is 0.863. The minimum Gasteiger partial charge on any atom is -0.455 e. The highest BCUT2D eigenvalue weighted by atomic mass is 16.3. The lowest BCUT2D eigenvalue weighted by molar-refractivity contribution is 0.629. The largest absolute Gasteiger partial charge is 0.455 e. The summed E-state index contributed by atoms with van der Waals surface area (Å²) in [6.45, 7) is 8.56. The van der Waals surface area contributed by atoms with Crippen LogP contribution in [-0.4, -0.2) is 0 Å². The number of rotatable bonds is 5. The summed E-state index contributed by atoms with van der Waals surface area (Å²) >= 11 is 0. The monoisotopic (exact) mass is 626 g/mol. The molecule has 0 saturated heterocycles. The van der Waals surface area contributed by atoms with Crippen LogP contribution in [0.3, 0.4) is 0 Å². The van der Waals surface area contributed by atoms with E-state index in [1.54, 1.807) is 0 Å². The molecule has 1 aromatic heterocycles. The molecule has 0 N–H and O–H groups in total. The van der Waals surface area contributed by atoms with Gasteiger partial charge in [0.25, 0.3) is 0 Å². The van der Waals surface area contributed by atoms with Crippen LogP contribution in [0.5, 0.6) is 0 Å². The number of furan rings is 1. The Morgan fingerprint density at radius 3 is 1.59 bits per heavy atom. The van der Waals surface area contributed by atoms with E-state index in [0.717, 1.165) is 56.7 Å². The second kappa shape index (κ2) is 11.8. The molecule has 1 heterocycles. The summed E-state index contributed by atoms with van der Waals surface area (Å²) in [5.41, 5.74) is 11.6. The van der Waals surface area contributed by atoms with Gasteiger partial charge in [-0.25, -0.2) is 0 Å². The topological polar surface area (TPSA) is 13.1 Å². The third-order valence-electron chi connectivity index (χ3n) is 10.1. The highest BCUT2D eigenvalue weighted by molar-refractivity contribution is 6.21. The Kier molecular flexibility index (Phi) is 6.99. The molecule has 1 aliphatic carbocycles. The van der Waals surface area contributed by atoms with E-state index in [0.29, 0.717) is 0 Å². The first-order valence-corrected chi connectivity index (χ1v) is 17.0. The van der Waals surface area contributed by atoms with Crippen molar-refractivity contribution in [3.63, 3.8) is 0 Å². The van der Waals surface area contributed by atoms with Crippen molar-refractivity contribution in [2.45, 2.75) is 12.8 Å². The van der Waals surface area contributed by atoms with Crippen LogP contribution in [0, 0.1) is 0 Å². The van der Waals surface area contributed by atoms with Crippen molar-refractivity contribution in [1.82, 2.24) is 0 Å². The molecule has 1 nitrogen and oxygen atoms in total. The number of hydrogen-bond acceptors (Lipinski definition) is 1. The summed E-state index contributed by atoms with van der Waals surface area (Å²) in [4.78, 5) is 0. The van der Waals surface area contributed by atoms with Crippen molar-refractivity contribution in [1.29, 1.82) is 0 Å². The van der Waals surface area contributed by atoms with Crippen LogP contribution in [0.2, 0.25) is 0 Å². The first-order valence-electron chi connectivity index (χ1n) is 17.0. The van der Waals surface area contributed by atoms with Gasteiger partial charge in [0.2, 0.25) is 0 Å². The molecule has 7 aromatic carbocycles. The third kappa shape index (κ3) is 4.62. The zero-order valence-electron chi connectivity index (χ0n) is 27.2. The molecule has 8 aromatic rings. The number of allylic oxidation sites excluding steroid dienone is 2. The van der Waals surface area contributed by atoms with Crippen molar-refractivity contribution in [2.75, 3.05) is 0 Å². The molecule has 232 valence electrons.